The lowest BCUT2D eigenvalue weighted by Gasteiger charge is -2.16. The Labute approximate surface area is 207 Å². The number of nitrogens with one attached hydrogen (secondary N) is 4. The molecule has 1 atom stereocenters. The maximum absolute atomic E-state index is 12.9. The molecule has 5 N–H and O–H groups in total. The molecule has 12 nitrogen and oxygen atoms in total. The fourth-order valence-electron chi connectivity index (χ4n) is 3.76. The van der Waals surface area contributed by atoms with Gasteiger partial charge in [-0.1, -0.05) is 24.3 Å². The molecule has 0 fully saturated rings. The highest BCUT2D eigenvalue weighted by Gasteiger charge is 2.26. The Balaban J connectivity index is 1.38. The summed E-state index contributed by atoms with van der Waals surface area (Å²) >= 11 is 0. The molecule has 2 heterocycles. The topological polar surface area (TPSA) is 167 Å². The number of sulfonamides is 1. The first-order chi connectivity index (χ1) is 17.3. The van der Waals surface area contributed by atoms with Gasteiger partial charge in [0, 0.05) is 31.6 Å². The fourth-order valence-corrected chi connectivity index (χ4v) is 4.97. The quantitative estimate of drug-likeness (QED) is 0.226. The number of carboxylic acids is 1. The van der Waals surface area contributed by atoms with Crippen molar-refractivity contribution >= 4 is 38.8 Å². The standard InChI is InChI=1S/C23H27N7O5S/c31-21(27-15-19(22(32)33)29-36(34,35)16-6-2-1-3-7-16)17-8-4-9-20-18(17)14-28-30(20)13-5-10-24-23-25-11-12-26-23/h1-4,6-9,14,19,29H,5,10-13,15H2,(H,27,31)(H,32,33)(H2,24,25,26). The number of rotatable bonds is 11. The van der Waals surface area contributed by atoms with Crippen molar-refractivity contribution in [2.45, 2.75) is 23.9 Å². The fraction of sp³-hybridized carbons (Fsp3) is 0.304. The van der Waals surface area contributed by atoms with Crippen LogP contribution in [0.1, 0.15) is 16.8 Å². The lowest BCUT2D eigenvalue weighted by atomic mass is 10.1. The van der Waals surface area contributed by atoms with E-state index in [9.17, 15) is 23.1 Å². The van der Waals surface area contributed by atoms with Gasteiger partial charge in [0.1, 0.15) is 6.04 Å². The van der Waals surface area contributed by atoms with Crippen LogP contribution in [0.3, 0.4) is 0 Å². The highest BCUT2D eigenvalue weighted by atomic mass is 32.2. The molecule has 0 saturated carbocycles. The zero-order chi connectivity index (χ0) is 25.5. The lowest BCUT2D eigenvalue weighted by Crippen LogP contribution is -2.48. The molecule has 0 saturated heterocycles. The molecule has 1 aliphatic heterocycles. The second kappa shape index (κ2) is 11.2. The number of fused-ring (bicyclic) bond motifs is 1. The summed E-state index contributed by atoms with van der Waals surface area (Å²) in [6.45, 7) is 2.50. The molecule has 0 aliphatic carbocycles. The van der Waals surface area contributed by atoms with Crippen LogP contribution >= 0.6 is 0 Å². The first-order valence-corrected chi connectivity index (χ1v) is 12.9. The average Bonchev–Trinajstić information content (AvgIpc) is 3.54. The first kappa shape index (κ1) is 25.1. The molecule has 0 bridgehead atoms. The van der Waals surface area contributed by atoms with E-state index in [1.165, 1.54) is 24.3 Å². The maximum Gasteiger partial charge on any atom is 0.323 e. The van der Waals surface area contributed by atoms with E-state index in [2.05, 4.69) is 30.8 Å². The van der Waals surface area contributed by atoms with E-state index >= 15 is 0 Å². The minimum atomic E-state index is -4.08. The van der Waals surface area contributed by atoms with Crippen LogP contribution in [0.25, 0.3) is 10.9 Å². The number of carbonyl (C=O) groups excluding carboxylic acids is 1. The Kier molecular flexibility index (Phi) is 7.80. The van der Waals surface area contributed by atoms with Gasteiger partial charge in [0.2, 0.25) is 10.0 Å². The number of carboxylic acid groups (broad SMARTS) is 1. The van der Waals surface area contributed by atoms with Gasteiger partial charge in [-0.25, -0.2) is 8.42 Å². The number of aliphatic carboxylic acids is 1. The molecule has 1 amide bonds. The third-order valence-electron chi connectivity index (χ3n) is 5.56. The zero-order valence-corrected chi connectivity index (χ0v) is 20.2. The van der Waals surface area contributed by atoms with E-state index in [0.717, 1.165) is 31.0 Å². The molecule has 3 aromatic rings. The van der Waals surface area contributed by atoms with E-state index in [4.69, 9.17) is 0 Å². The van der Waals surface area contributed by atoms with Crippen molar-refractivity contribution < 1.29 is 23.1 Å². The second-order valence-corrected chi connectivity index (χ2v) is 9.79. The number of amides is 1. The number of hydrogen-bond acceptors (Lipinski definition) is 8. The van der Waals surface area contributed by atoms with Gasteiger partial charge in [-0.2, -0.15) is 9.82 Å². The van der Waals surface area contributed by atoms with Crippen LogP contribution in [-0.2, 0) is 21.4 Å². The van der Waals surface area contributed by atoms with Crippen LogP contribution in [0.2, 0.25) is 0 Å². The van der Waals surface area contributed by atoms with Crippen molar-refractivity contribution in [3.8, 4) is 0 Å². The van der Waals surface area contributed by atoms with Gasteiger partial charge in [0.15, 0.2) is 5.96 Å². The number of guanidine groups is 1. The number of hydrogen-bond donors (Lipinski definition) is 5. The normalized spacial score (nSPS) is 14.2. The number of carbonyl (C=O) groups is 2. The molecule has 1 aliphatic rings. The number of aliphatic imine (C=N–C) groups is 1. The summed E-state index contributed by atoms with van der Waals surface area (Å²) in [5.74, 6) is -1.14. The summed E-state index contributed by atoms with van der Waals surface area (Å²) in [6.07, 6.45) is 2.38. The molecule has 1 aromatic heterocycles. The molecule has 1 unspecified atom stereocenters. The molecule has 4 rings (SSSR count). The van der Waals surface area contributed by atoms with Crippen LogP contribution in [-0.4, -0.2) is 73.4 Å². The summed E-state index contributed by atoms with van der Waals surface area (Å²) in [5.41, 5.74) is 1.08. The van der Waals surface area contributed by atoms with E-state index in [1.54, 1.807) is 29.1 Å². The molecular formula is C23H27N7O5S. The summed E-state index contributed by atoms with van der Waals surface area (Å²) in [5, 5.41) is 23.4. The highest BCUT2D eigenvalue weighted by molar-refractivity contribution is 7.89. The van der Waals surface area contributed by atoms with Gasteiger partial charge in [-0.3, -0.25) is 19.3 Å². The van der Waals surface area contributed by atoms with Crippen molar-refractivity contribution in [3.05, 3.63) is 60.3 Å². The second-order valence-electron chi connectivity index (χ2n) is 8.08. The summed E-state index contributed by atoms with van der Waals surface area (Å²) in [6, 6.07) is 11.1. The Morgan fingerprint density at radius 2 is 1.94 bits per heavy atom. The van der Waals surface area contributed by atoms with Crippen molar-refractivity contribution in [1.29, 1.82) is 0 Å². The largest absolute Gasteiger partial charge is 0.480 e. The zero-order valence-electron chi connectivity index (χ0n) is 19.3. The molecular weight excluding hydrogens is 486 g/mol. The van der Waals surface area contributed by atoms with Crippen molar-refractivity contribution in [3.63, 3.8) is 0 Å². The smallest absolute Gasteiger partial charge is 0.323 e. The van der Waals surface area contributed by atoms with Gasteiger partial charge in [0.05, 0.1) is 28.7 Å². The minimum Gasteiger partial charge on any atom is -0.480 e. The molecule has 2 aromatic carbocycles. The Bertz CT molecular complexity index is 1370. The first-order valence-electron chi connectivity index (χ1n) is 11.4. The Morgan fingerprint density at radius 1 is 1.14 bits per heavy atom. The van der Waals surface area contributed by atoms with Crippen molar-refractivity contribution in [1.82, 2.24) is 30.5 Å². The summed E-state index contributed by atoms with van der Waals surface area (Å²) in [4.78, 5) is 28.8. The lowest BCUT2D eigenvalue weighted by molar-refractivity contribution is -0.138. The predicted molar refractivity (Wildman–Crippen MR) is 133 cm³/mol. The molecule has 190 valence electrons. The molecule has 36 heavy (non-hydrogen) atoms. The number of nitrogens with zero attached hydrogens (tertiary/aromatic N) is 3. The third kappa shape index (κ3) is 5.98. The molecule has 0 radical (unpaired) electrons. The molecule has 13 heteroatoms. The van der Waals surface area contributed by atoms with E-state index in [0.29, 0.717) is 24.0 Å². The van der Waals surface area contributed by atoms with Crippen LogP contribution < -0.4 is 20.7 Å². The summed E-state index contributed by atoms with van der Waals surface area (Å²) < 4.78 is 28.9. The van der Waals surface area contributed by atoms with Crippen LogP contribution in [0, 0.1) is 0 Å². The van der Waals surface area contributed by atoms with Crippen molar-refractivity contribution in [2.24, 2.45) is 4.99 Å². The van der Waals surface area contributed by atoms with E-state index in [1.807, 2.05) is 6.07 Å². The minimum absolute atomic E-state index is 0.0672. The van der Waals surface area contributed by atoms with Gasteiger partial charge >= 0.3 is 5.97 Å². The average molecular weight is 514 g/mol. The van der Waals surface area contributed by atoms with Crippen LogP contribution in [0.4, 0.5) is 0 Å². The number of benzene rings is 2. The number of aryl methyl sites for hydroxylation is 1. The predicted octanol–water partition coefficient (Wildman–Crippen LogP) is 0.137. The van der Waals surface area contributed by atoms with Gasteiger partial charge in [-0.15, -0.1) is 0 Å². The van der Waals surface area contributed by atoms with Crippen LogP contribution in [0.5, 0.6) is 0 Å². The molecule has 0 spiro atoms. The van der Waals surface area contributed by atoms with Crippen molar-refractivity contribution in [2.75, 3.05) is 26.2 Å². The van der Waals surface area contributed by atoms with E-state index in [-0.39, 0.29) is 4.90 Å². The van der Waals surface area contributed by atoms with Gasteiger partial charge < -0.3 is 21.1 Å². The van der Waals surface area contributed by atoms with Crippen LogP contribution in [0.15, 0.2) is 64.6 Å². The SMILES string of the molecule is O=C(NCC(NS(=O)(=O)c1ccccc1)C(=O)O)c1cccc2c1cnn2CCCNC1=NCCN1. The Morgan fingerprint density at radius 3 is 2.67 bits per heavy atom. The third-order valence-corrected chi connectivity index (χ3v) is 7.05. The Hall–Kier alpha value is -3.97. The highest BCUT2D eigenvalue weighted by Crippen LogP contribution is 2.19. The van der Waals surface area contributed by atoms with Gasteiger partial charge in [-0.05, 0) is 30.7 Å². The number of aromatic nitrogens is 2. The summed E-state index contributed by atoms with van der Waals surface area (Å²) in [7, 11) is -4.08. The monoisotopic (exact) mass is 513 g/mol. The van der Waals surface area contributed by atoms with E-state index < -0.39 is 34.5 Å². The maximum atomic E-state index is 12.9. The van der Waals surface area contributed by atoms with Gasteiger partial charge in [0.25, 0.3) is 5.91 Å².